The molecule has 0 bridgehead atoms. The smallest absolute Gasteiger partial charge is 0.0279 e. The maximum atomic E-state index is 5.67. The van der Waals surface area contributed by atoms with E-state index in [9.17, 15) is 0 Å². The normalized spacial score (nSPS) is 28.1. The standard InChI is InChI=1S/C12H20N2S/c1-9-2-3-11(6-9)12(14-13)7-10-4-5-15-8-10/h4-5,8-9,11-12,14H,2-3,6-7,13H2,1H3. The van der Waals surface area contributed by atoms with Gasteiger partial charge in [-0.2, -0.15) is 11.3 Å². The van der Waals surface area contributed by atoms with Gasteiger partial charge in [0.2, 0.25) is 0 Å². The van der Waals surface area contributed by atoms with Gasteiger partial charge in [0, 0.05) is 6.04 Å². The lowest BCUT2D eigenvalue weighted by Crippen LogP contribution is -2.41. The number of hydrogen-bond donors (Lipinski definition) is 2. The van der Waals surface area contributed by atoms with Gasteiger partial charge >= 0.3 is 0 Å². The van der Waals surface area contributed by atoms with Gasteiger partial charge in [-0.3, -0.25) is 11.3 Å². The summed E-state index contributed by atoms with van der Waals surface area (Å²) in [4.78, 5) is 0. The molecule has 2 nitrogen and oxygen atoms in total. The lowest BCUT2D eigenvalue weighted by Gasteiger charge is -2.22. The molecule has 0 radical (unpaired) electrons. The molecule has 1 saturated carbocycles. The maximum Gasteiger partial charge on any atom is 0.0279 e. The third kappa shape index (κ3) is 2.80. The molecule has 1 aliphatic rings. The van der Waals surface area contributed by atoms with Crippen LogP contribution in [0, 0.1) is 11.8 Å². The molecule has 3 atom stereocenters. The van der Waals surface area contributed by atoms with Crippen LogP contribution in [0.3, 0.4) is 0 Å². The lowest BCUT2D eigenvalue weighted by atomic mass is 9.93. The van der Waals surface area contributed by atoms with Gasteiger partial charge in [0.05, 0.1) is 0 Å². The van der Waals surface area contributed by atoms with Crippen molar-refractivity contribution in [3.8, 4) is 0 Å². The van der Waals surface area contributed by atoms with Crippen LogP contribution in [0.5, 0.6) is 0 Å². The first kappa shape index (κ1) is 11.1. The van der Waals surface area contributed by atoms with Crippen LogP contribution in [-0.4, -0.2) is 6.04 Å². The monoisotopic (exact) mass is 224 g/mol. The van der Waals surface area contributed by atoms with Crippen molar-refractivity contribution in [1.29, 1.82) is 0 Å². The van der Waals surface area contributed by atoms with Gasteiger partial charge in [-0.05, 0) is 53.5 Å². The predicted molar refractivity (Wildman–Crippen MR) is 65.6 cm³/mol. The van der Waals surface area contributed by atoms with Crippen LogP contribution in [-0.2, 0) is 6.42 Å². The number of rotatable bonds is 4. The molecule has 1 aliphatic carbocycles. The van der Waals surface area contributed by atoms with Gasteiger partial charge in [-0.1, -0.05) is 13.3 Å². The van der Waals surface area contributed by atoms with Gasteiger partial charge in [0.25, 0.3) is 0 Å². The van der Waals surface area contributed by atoms with E-state index in [1.54, 1.807) is 11.3 Å². The fourth-order valence-electron chi connectivity index (χ4n) is 2.64. The van der Waals surface area contributed by atoms with Crippen molar-refractivity contribution < 1.29 is 0 Å². The van der Waals surface area contributed by atoms with Crippen LogP contribution < -0.4 is 11.3 Å². The lowest BCUT2D eigenvalue weighted by molar-refractivity contribution is 0.353. The first-order chi connectivity index (χ1) is 7.29. The molecule has 0 amide bonds. The van der Waals surface area contributed by atoms with Gasteiger partial charge < -0.3 is 0 Å². The molecule has 0 aromatic carbocycles. The number of thiophene rings is 1. The highest BCUT2D eigenvalue weighted by atomic mass is 32.1. The summed E-state index contributed by atoms with van der Waals surface area (Å²) in [7, 11) is 0. The molecule has 3 N–H and O–H groups in total. The second kappa shape index (κ2) is 5.10. The molecule has 0 aliphatic heterocycles. The minimum Gasteiger partial charge on any atom is -0.271 e. The van der Waals surface area contributed by atoms with Gasteiger partial charge in [0.15, 0.2) is 0 Å². The van der Waals surface area contributed by atoms with Crippen LogP contribution in [0.15, 0.2) is 16.8 Å². The molecule has 0 spiro atoms. The molecule has 1 fully saturated rings. The predicted octanol–water partition coefficient (Wildman–Crippen LogP) is 2.56. The Morgan fingerprint density at radius 2 is 2.47 bits per heavy atom. The van der Waals surface area contributed by atoms with E-state index in [1.807, 2.05) is 0 Å². The van der Waals surface area contributed by atoms with Crippen molar-refractivity contribution in [3.63, 3.8) is 0 Å². The van der Waals surface area contributed by atoms with E-state index in [4.69, 9.17) is 5.84 Å². The zero-order chi connectivity index (χ0) is 10.7. The summed E-state index contributed by atoms with van der Waals surface area (Å²) in [5.41, 5.74) is 4.43. The van der Waals surface area contributed by atoms with Crippen LogP contribution in [0.4, 0.5) is 0 Å². The minimum absolute atomic E-state index is 0.463. The van der Waals surface area contributed by atoms with E-state index in [0.29, 0.717) is 6.04 Å². The molecular weight excluding hydrogens is 204 g/mol. The molecule has 1 aromatic rings. The second-order valence-corrected chi connectivity index (χ2v) is 5.57. The Morgan fingerprint density at radius 1 is 1.60 bits per heavy atom. The van der Waals surface area contributed by atoms with Gasteiger partial charge in [-0.15, -0.1) is 0 Å². The molecule has 3 heteroatoms. The van der Waals surface area contributed by atoms with E-state index in [-0.39, 0.29) is 0 Å². The Labute approximate surface area is 95.8 Å². The molecular formula is C12H20N2S. The van der Waals surface area contributed by atoms with Crippen molar-refractivity contribution in [2.45, 2.75) is 38.6 Å². The Kier molecular flexibility index (Phi) is 3.78. The number of hydrazine groups is 1. The third-order valence-corrected chi connectivity index (χ3v) is 4.29. The van der Waals surface area contributed by atoms with Gasteiger partial charge in [-0.25, -0.2) is 0 Å². The molecule has 84 valence electrons. The summed E-state index contributed by atoms with van der Waals surface area (Å²) in [6.45, 7) is 2.35. The average Bonchev–Trinajstić information content (AvgIpc) is 2.85. The molecule has 2 rings (SSSR count). The summed E-state index contributed by atoms with van der Waals surface area (Å²) in [6.07, 6.45) is 5.11. The van der Waals surface area contributed by atoms with Crippen molar-refractivity contribution in [2.24, 2.45) is 17.7 Å². The summed E-state index contributed by atoms with van der Waals surface area (Å²) in [5, 5.41) is 4.36. The molecule has 3 unspecified atom stereocenters. The zero-order valence-corrected chi connectivity index (χ0v) is 10.1. The summed E-state index contributed by atoms with van der Waals surface area (Å²) < 4.78 is 0. The molecule has 0 saturated heterocycles. The molecule has 1 heterocycles. The molecule has 1 aromatic heterocycles. The molecule has 15 heavy (non-hydrogen) atoms. The largest absolute Gasteiger partial charge is 0.271 e. The zero-order valence-electron chi connectivity index (χ0n) is 9.28. The first-order valence-electron chi connectivity index (χ1n) is 5.76. The Hall–Kier alpha value is -0.380. The SMILES string of the molecule is CC1CCC(C(Cc2ccsc2)NN)C1. The Morgan fingerprint density at radius 3 is 3.00 bits per heavy atom. The van der Waals surface area contributed by atoms with Crippen LogP contribution in [0.1, 0.15) is 31.7 Å². The van der Waals surface area contributed by atoms with Crippen LogP contribution in [0.2, 0.25) is 0 Å². The Bertz CT molecular complexity index is 284. The quantitative estimate of drug-likeness (QED) is 0.609. The number of nitrogens with two attached hydrogens (primary N) is 1. The first-order valence-corrected chi connectivity index (χ1v) is 6.71. The van der Waals surface area contributed by atoms with E-state index < -0.39 is 0 Å². The maximum absolute atomic E-state index is 5.67. The van der Waals surface area contributed by atoms with Crippen molar-refractivity contribution in [2.75, 3.05) is 0 Å². The van der Waals surface area contributed by atoms with Crippen LogP contribution >= 0.6 is 11.3 Å². The van der Waals surface area contributed by atoms with E-state index in [1.165, 1.54) is 24.8 Å². The van der Waals surface area contributed by atoms with Crippen molar-refractivity contribution in [3.05, 3.63) is 22.4 Å². The third-order valence-electron chi connectivity index (χ3n) is 3.55. The number of nitrogens with one attached hydrogen (secondary N) is 1. The fraction of sp³-hybridized carbons (Fsp3) is 0.667. The summed E-state index contributed by atoms with van der Waals surface area (Å²) in [6, 6.07) is 2.66. The minimum atomic E-state index is 0.463. The summed E-state index contributed by atoms with van der Waals surface area (Å²) >= 11 is 1.77. The van der Waals surface area contributed by atoms with Crippen LogP contribution in [0.25, 0.3) is 0 Å². The Balaban J connectivity index is 1.92. The average molecular weight is 224 g/mol. The number of hydrogen-bond acceptors (Lipinski definition) is 3. The summed E-state index contributed by atoms with van der Waals surface area (Å²) in [5.74, 6) is 7.32. The fourth-order valence-corrected chi connectivity index (χ4v) is 3.32. The van der Waals surface area contributed by atoms with Gasteiger partial charge in [0.1, 0.15) is 0 Å². The second-order valence-electron chi connectivity index (χ2n) is 4.79. The van der Waals surface area contributed by atoms with Crippen molar-refractivity contribution >= 4 is 11.3 Å². The van der Waals surface area contributed by atoms with Crippen molar-refractivity contribution in [1.82, 2.24) is 5.43 Å². The highest BCUT2D eigenvalue weighted by molar-refractivity contribution is 7.07. The van der Waals surface area contributed by atoms with E-state index >= 15 is 0 Å². The van der Waals surface area contributed by atoms with E-state index in [2.05, 4.69) is 29.2 Å². The van der Waals surface area contributed by atoms with E-state index in [0.717, 1.165) is 18.3 Å². The highest BCUT2D eigenvalue weighted by Crippen LogP contribution is 2.33. The topological polar surface area (TPSA) is 38.0 Å². The highest BCUT2D eigenvalue weighted by Gasteiger charge is 2.28.